The van der Waals surface area contributed by atoms with E-state index in [9.17, 15) is 9.59 Å². The van der Waals surface area contributed by atoms with Crippen LogP contribution in [0.3, 0.4) is 0 Å². The average molecular weight is 382 g/mol. The van der Waals surface area contributed by atoms with Crippen molar-refractivity contribution in [3.63, 3.8) is 0 Å². The molecule has 4 rings (SSSR count). The molecule has 2 aliphatic rings. The molecule has 8 nitrogen and oxygen atoms in total. The van der Waals surface area contributed by atoms with Crippen molar-refractivity contribution in [2.75, 3.05) is 18.4 Å². The highest BCUT2D eigenvalue weighted by Crippen LogP contribution is 2.24. The molecule has 28 heavy (non-hydrogen) atoms. The number of urea groups is 1. The van der Waals surface area contributed by atoms with Crippen LogP contribution in [0.5, 0.6) is 5.75 Å². The minimum absolute atomic E-state index is 0.00718. The van der Waals surface area contributed by atoms with Crippen LogP contribution in [-0.2, 0) is 13.1 Å². The highest BCUT2D eigenvalue weighted by molar-refractivity contribution is 5.89. The number of ether oxygens (including phenoxy) is 1. The molecule has 0 aliphatic carbocycles. The van der Waals surface area contributed by atoms with E-state index in [2.05, 4.69) is 10.3 Å². The lowest BCUT2D eigenvalue weighted by atomic mass is 10.1. The Labute approximate surface area is 162 Å². The maximum atomic E-state index is 12.5. The number of likely N-dealkylation sites (tertiary alicyclic amines) is 1. The Hall–Kier alpha value is -3.29. The number of benzene rings is 1. The van der Waals surface area contributed by atoms with E-state index in [1.54, 1.807) is 17.3 Å². The van der Waals surface area contributed by atoms with Gasteiger partial charge in [-0.3, -0.25) is 4.98 Å². The van der Waals surface area contributed by atoms with Gasteiger partial charge in [0.1, 0.15) is 11.9 Å². The number of rotatable bonds is 3. The molecule has 146 valence electrons. The van der Waals surface area contributed by atoms with Crippen molar-refractivity contribution in [2.45, 2.75) is 32.0 Å². The van der Waals surface area contributed by atoms with Crippen LogP contribution in [0.2, 0.25) is 0 Å². The fourth-order valence-electron chi connectivity index (χ4n) is 3.54. The molecule has 2 aliphatic heterocycles. The van der Waals surface area contributed by atoms with Gasteiger partial charge in [-0.25, -0.2) is 9.59 Å². The minimum Gasteiger partial charge on any atom is -0.490 e. The second-order valence-corrected chi connectivity index (χ2v) is 7.04. The van der Waals surface area contributed by atoms with Crippen LogP contribution in [-0.4, -0.2) is 51.2 Å². The highest BCUT2D eigenvalue weighted by Gasteiger charge is 2.24. The van der Waals surface area contributed by atoms with E-state index >= 15 is 0 Å². The molecule has 2 aromatic rings. The first-order valence-corrected chi connectivity index (χ1v) is 9.31. The number of carbonyl (C=O) groups excluding carboxylic acids is 1. The van der Waals surface area contributed by atoms with Crippen LogP contribution in [0.15, 0.2) is 42.7 Å². The Morgan fingerprint density at radius 2 is 1.75 bits per heavy atom. The van der Waals surface area contributed by atoms with Crippen LogP contribution in [0.25, 0.3) is 0 Å². The Morgan fingerprint density at radius 3 is 2.43 bits per heavy atom. The van der Waals surface area contributed by atoms with Gasteiger partial charge in [-0.1, -0.05) is 0 Å². The number of fused-ring (bicyclic) bond motifs is 1. The first-order valence-electron chi connectivity index (χ1n) is 9.31. The Balaban J connectivity index is 1.28. The van der Waals surface area contributed by atoms with E-state index in [0.717, 1.165) is 11.1 Å². The molecule has 2 N–H and O–H groups in total. The molecule has 0 bridgehead atoms. The number of hydrogen-bond acceptors (Lipinski definition) is 4. The largest absolute Gasteiger partial charge is 0.490 e. The summed E-state index contributed by atoms with van der Waals surface area (Å²) in [4.78, 5) is 30.7. The lowest BCUT2D eigenvalue weighted by molar-refractivity contribution is 0.0895. The van der Waals surface area contributed by atoms with Crippen LogP contribution >= 0.6 is 0 Å². The van der Waals surface area contributed by atoms with Crippen LogP contribution in [0, 0.1) is 0 Å². The van der Waals surface area contributed by atoms with Gasteiger partial charge >= 0.3 is 12.1 Å². The Morgan fingerprint density at radius 1 is 1.04 bits per heavy atom. The zero-order chi connectivity index (χ0) is 19.5. The summed E-state index contributed by atoms with van der Waals surface area (Å²) in [5.74, 6) is 0.714. The third kappa shape index (κ3) is 4.00. The number of aromatic nitrogens is 1. The van der Waals surface area contributed by atoms with Crippen molar-refractivity contribution in [3.05, 3.63) is 53.9 Å². The highest BCUT2D eigenvalue weighted by atomic mass is 16.5. The fourth-order valence-corrected chi connectivity index (χ4v) is 3.54. The van der Waals surface area contributed by atoms with E-state index in [4.69, 9.17) is 9.84 Å². The molecular formula is C20H22N4O4. The third-order valence-electron chi connectivity index (χ3n) is 5.14. The first kappa shape index (κ1) is 18.1. The number of pyridine rings is 1. The number of nitrogens with zero attached hydrogens (tertiary/aromatic N) is 3. The summed E-state index contributed by atoms with van der Waals surface area (Å²) >= 11 is 0. The van der Waals surface area contributed by atoms with E-state index in [-0.39, 0.29) is 12.1 Å². The third-order valence-corrected chi connectivity index (χ3v) is 5.14. The summed E-state index contributed by atoms with van der Waals surface area (Å²) in [6.07, 6.45) is 4.02. The summed E-state index contributed by atoms with van der Waals surface area (Å²) in [6, 6.07) is 9.06. The van der Waals surface area contributed by atoms with Gasteiger partial charge in [-0.15, -0.1) is 0 Å². The molecule has 0 atom stereocenters. The number of hydrogen-bond donors (Lipinski definition) is 2. The summed E-state index contributed by atoms with van der Waals surface area (Å²) in [5, 5.41) is 11.9. The number of piperidine rings is 1. The van der Waals surface area contributed by atoms with Gasteiger partial charge < -0.3 is 25.0 Å². The van der Waals surface area contributed by atoms with Gasteiger partial charge in [0.25, 0.3) is 0 Å². The summed E-state index contributed by atoms with van der Waals surface area (Å²) in [6.45, 7) is 2.12. The molecule has 0 saturated carbocycles. The van der Waals surface area contributed by atoms with E-state index in [1.165, 1.54) is 4.90 Å². The number of amides is 3. The second-order valence-electron chi connectivity index (χ2n) is 7.04. The van der Waals surface area contributed by atoms with E-state index < -0.39 is 6.09 Å². The molecule has 3 amide bonds. The first-order chi connectivity index (χ1) is 13.6. The van der Waals surface area contributed by atoms with E-state index in [0.29, 0.717) is 50.5 Å². The van der Waals surface area contributed by atoms with Gasteiger partial charge in [0.05, 0.1) is 0 Å². The summed E-state index contributed by atoms with van der Waals surface area (Å²) < 4.78 is 5.94. The molecule has 1 aromatic carbocycles. The van der Waals surface area contributed by atoms with Gasteiger partial charge in [-0.05, 0) is 41.5 Å². The van der Waals surface area contributed by atoms with Crippen molar-refractivity contribution in [1.82, 2.24) is 14.8 Å². The number of nitrogens with one attached hydrogen (secondary N) is 1. The van der Waals surface area contributed by atoms with Crippen molar-refractivity contribution in [3.8, 4) is 5.75 Å². The molecule has 8 heteroatoms. The Bertz CT molecular complexity index is 838. The van der Waals surface area contributed by atoms with Gasteiger partial charge in [-0.2, -0.15) is 0 Å². The molecule has 0 spiro atoms. The summed E-state index contributed by atoms with van der Waals surface area (Å²) in [5.41, 5.74) is 2.91. The minimum atomic E-state index is -0.879. The lowest BCUT2D eigenvalue weighted by Gasteiger charge is -2.30. The van der Waals surface area contributed by atoms with Crippen LogP contribution < -0.4 is 10.1 Å². The number of carbonyl (C=O) groups is 2. The zero-order valence-electron chi connectivity index (χ0n) is 15.4. The molecule has 3 heterocycles. The SMILES string of the molecule is O=C(O)N1CCC(Oc2ccc(NC(=O)N3Cc4ccncc4C3)cc2)CC1. The monoisotopic (exact) mass is 382 g/mol. The van der Waals surface area contributed by atoms with E-state index in [1.807, 2.05) is 30.3 Å². The topological polar surface area (TPSA) is 95.0 Å². The zero-order valence-corrected chi connectivity index (χ0v) is 15.4. The number of anilines is 1. The molecular weight excluding hydrogens is 360 g/mol. The molecule has 1 saturated heterocycles. The number of carboxylic acid groups (broad SMARTS) is 1. The Kier molecular flexibility index (Phi) is 5.01. The van der Waals surface area contributed by atoms with Crippen molar-refractivity contribution < 1.29 is 19.4 Å². The van der Waals surface area contributed by atoms with Gasteiger partial charge in [0, 0.05) is 57.1 Å². The second kappa shape index (κ2) is 7.75. The normalized spacial score (nSPS) is 16.6. The maximum absolute atomic E-state index is 12.5. The lowest BCUT2D eigenvalue weighted by Crippen LogP contribution is -2.41. The summed E-state index contributed by atoms with van der Waals surface area (Å²) in [7, 11) is 0. The average Bonchev–Trinajstić information content (AvgIpc) is 3.14. The molecule has 0 radical (unpaired) electrons. The van der Waals surface area contributed by atoms with Crippen LogP contribution in [0.4, 0.5) is 15.3 Å². The smallest absolute Gasteiger partial charge is 0.407 e. The van der Waals surface area contributed by atoms with Crippen molar-refractivity contribution in [2.24, 2.45) is 0 Å². The van der Waals surface area contributed by atoms with Crippen molar-refractivity contribution >= 4 is 17.8 Å². The molecule has 0 unspecified atom stereocenters. The van der Waals surface area contributed by atoms with Crippen molar-refractivity contribution in [1.29, 1.82) is 0 Å². The predicted octanol–water partition coefficient (Wildman–Crippen LogP) is 3.15. The van der Waals surface area contributed by atoms with Gasteiger partial charge in [0.15, 0.2) is 0 Å². The maximum Gasteiger partial charge on any atom is 0.407 e. The van der Waals surface area contributed by atoms with Crippen LogP contribution in [0.1, 0.15) is 24.0 Å². The molecule has 1 aromatic heterocycles. The molecule has 1 fully saturated rings. The predicted molar refractivity (Wildman–Crippen MR) is 102 cm³/mol. The van der Waals surface area contributed by atoms with Gasteiger partial charge in [0.2, 0.25) is 0 Å². The standard InChI is InChI=1S/C20H22N4O4/c25-19(24-12-14-5-8-21-11-15(14)13-24)22-16-1-3-17(4-2-16)28-18-6-9-23(10-7-18)20(26)27/h1-5,8,11,18H,6-7,9-10,12-13H2,(H,22,25)(H,26,27). The quantitative estimate of drug-likeness (QED) is 0.850. The fraction of sp³-hybridized carbons (Fsp3) is 0.350.